The summed E-state index contributed by atoms with van der Waals surface area (Å²) in [6.45, 7) is -4.63. The molecule has 0 spiro atoms. The smallest absolute Gasteiger partial charge is 0.422 e. The largest absolute Gasteiger partial charge is 0.493 e. The van der Waals surface area contributed by atoms with Crippen LogP contribution in [0.2, 0.25) is 0 Å². The first-order valence-corrected chi connectivity index (χ1v) is 8.40. The molecule has 0 aliphatic carbocycles. The van der Waals surface area contributed by atoms with Crippen molar-refractivity contribution in [3.63, 3.8) is 0 Å². The second kappa shape index (κ2) is 10.4. The van der Waals surface area contributed by atoms with Crippen molar-refractivity contribution in [1.82, 2.24) is 10.3 Å². The third kappa shape index (κ3) is 7.57. The van der Waals surface area contributed by atoms with Crippen LogP contribution < -0.4 is 19.5 Å². The monoisotopic (exact) mass is 432 g/mol. The van der Waals surface area contributed by atoms with Gasteiger partial charge in [-0.15, -0.1) is 0 Å². The summed E-state index contributed by atoms with van der Waals surface area (Å²) in [7, 11) is 1.28. The molecular weight excluding hydrogens is 415 g/mol. The van der Waals surface area contributed by atoms with E-state index in [0.29, 0.717) is 5.56 Å². The van der Waals surface area contributed by atoms with Gasteiger partial charge >= 0.3 is 12.8 Å². The molecule has 2 aromatic rings. The molecule has 1 amide bonds. The van der Waals surface area contributed by atoms with Crippen LogP contribution in [0.25, 0.3) is 6.08 Å². The number of ether oxygens (including phenoxy) is 3. The first-order chi connectivity index (χ1) is 14.2. The van der Waals surface area contributed by atoms with Crippen molar-refractivity contribution in [2.45, 2.75) is 19.3 Å². The summed E-state index contributed by atoms with van der Waals surface area (Å²) in [5, 5.41) is 2.49. The highest BCUT2D eigenvalue weighted by Gasteiger charge is 2.29. The van der Waals surface area contributed by atoms with Crippen molar-refractivity contribution in [3.8, 4) is 17.4 Å². The maximum atomic E-state index is 12.3. The Morgan fingerprint density at radius 2 is 2.00 bits per heavy atom. The molecule has 0 aliphatic heterocycles. The summed E-state index contributed by atoms with van der Waals surface area (Å²) in [6.07, 6.45) is -0.688. The van der Waals surface area contributed by atoms with Gasteiger partial charge in [0.25, 0.3) is 0 Å². The van der Waals surface area contributed by atoms with Gasteiger partial charge in [0.1, 0.15) is 0 Å². The summed E-state index contributed by atoms with van der Waals surface area (Å²) in [6, 6.07) is 7.06. The van der Waals surface area contributed by atoms with E-state index < -0.39 is 25.3 Å². The molecule has 30 heavy (non-hydrogen) atoms. The lowest BCUT2D eigenvalue weighted by Gasteiger charge is -2.12. The highest BCUT2D eigenvalue weighted by atomic mass is 19.4. The van der Waals surface area contributed by atoms with Gasteiger partial charge in [-0.3, -0.25) is 4.79 Å². The molecule has 162 valence electrons. The topological polar surface area (TPSA) is 69.7 Å². The third-order valence-corrected chi connectivity index (χ3v) is 3.51. The zero-order valence-corrected chi connectivity index (χ0v) is 15.6. The predicted molar refractivity (Wildman–Crippen MR) is 96.3 cm³/mol. The van der Waals surface area contributed by atoms with E-state index in [2.05, 4.69) is 19.8 Å². The molecule has 0 atom stereocenters. The van der Waals surface area contributed by atoms with Crippen molar-refractivity contribution >= 4 is 12.0 Å². The molecule has 0 bridgehead atoms. The summed E-state index contributed by atoms with van der Waals surface area (Å²) < 4.78 is 75.5. The fourth-order valence-electron chi connectivity index (χ4n) is 2.23. The predicted octanol–water partition coefficient (Wildman–Crippen LogP) is 3.96. The van der Waals surface area contributed by atoms with Crippen LogP contribution in [-0.2, 0) is 11.3 Å². The van der Waals surface area contributed by atoms with Gasteiger partial charge in [-0.1, -0.05) is 12.1 Å². The zero-order chi connectivity index (χ0) is 22.1. The zero-order valence-electron chi connectivity index (χ0n) is 15.6. The molecule has 0 saturated carbocycles. The number of alkyl halides is 5. The molecule has 0 aliphatic rings. The lowest BCUT2D eigenvalue weighted by Crippen LogP contribution is -2.23. The maximum absolute atomic E-state index is 12.3. The Balaban J connectivity index is 1.97. The van der Waals surface area contributed by atoms with Gasteiger partial charge in [0, 0.05) is 24.4 Å². The Kier molecular flexibility index (Phi) is 7.96. The molecule has 0 fully saturated rings. The number of nitrogens with one attached hydrogen (secondary N) is 1. The van der Waals surface area contributed by atoms with E-state index in [-0.39, 0.29) is 29.5 Å². The van der Waals surface area contributed by atoms with E-state index in [9.17, 15) is 26.7 Å². The van der Waals surface area contributed by atoms with Gasteiger partial charge in [0.05, 0.1) is 7.11 Å². The van der Waals surface area contributed by atoms with Crippen LogP contribution in [0.15, 0.2) is 42.6 Å². The minimum Gasteiger partial charge on any atom is -0.493 e. The first kappa shape index (κ1) is 22.9. The summed E-state index contributed by atoms with van der Waals surface area (Å²) in [5.74, 6) is -0.886. The van der Waals surface area contributed by atoms with Crippen LogP contribution in [0.3, 0.4) is 0 Å². The highest BCUT2D eigenvalue weighted by molar-refractivity contribution is 5.91. The van der Waals surface area contributed by atoms with E-state index in [1.165, 1.54) is 49.7 Å². The van der Waals surface area contributed by atoms with Crippen LogP contribution in [0.5, 0.6) is 17.4 Å². The number of nitrogens with zero attached hydrogens (tertiary/aromatic N) is 1. The second-order valence-electron chi connectivity index (χ2n) is 5.71. The van der Waals surface area contributed by atoms with Gasteiger partial charge in [-0.2, -0.15) is 22.0 Å². The maximum Gasteiger partial charge on any atom is 0.422 e. The molecule has 1 aromatic heterocycles. The van der Waals surface area contributed by atoms with E-state index >= 15 is 0 Å². The number of pyridine rings is 1. The third-order valence-electron chi connectivity index (χ3n) is 3.51. The number of halogens is 5. The van der Waals surface area contributed by atoms with Crippen LogP contribution in [0, 0.1) is 0 Å². The van der Waals surface area contributed by atoms with E-state index in [0.717, 1.165) is 6.08 Å². The summed E-state index contributed by atoms with van der Waals surface area (Å²) in [4.78, 5) is 15.7. The van der Waals surface area contributed by atoms with Crippen molar-refractivity contribution in [2.24, 2.45) is 0 Å². The summed E-state index contributed by atoms with van der Waals surface area (Å²) >= 11 is 0. The Hall–Kier alpha value is -3.37. The SMILES string of the molecule is COc1cc(/C=C/C(=O)NCc2cccnc2OCC(F)(F)F)ccc1OC(F)F. The molecule has 1 aromatic carbocycles. The molecule has 0 radical (unpaired) electrons. The average molecular weight is 432 g/mol. The van der Waals surface area contributed by atoms with E-state index in [1.807, 2.05) is 0 Å². The number of hydrogen-bond donors (Lipinski definition) is 1. The number of rotatable bonds is 9. The normalized spacial score (nSPS) is 11.6. The molecule has 0 unspecified atom stereocenters. The van der Waals surface area contributed by atoms with E-state index in [1.54, 1.807) is 0 Å². The molecule has 1 N–H and O–H groups in total. The Morgan fingerprint density at radius 3 is 2.67 bits per heavy atom. The van der Waals surface area contributed by atoms with Crippen LogP contribution in [-0.4, -0.2) is 37.4 Å². The van der Waals surface area contributed by atoms with Gasteiger partial charge in [-0.25, -0.2) is 4.98 Å². The summed E-state index contributed by atoms with van der Waals surface area (Å²) in [5.41, 5.74) is 0.734. The highest BCUT2D eigenvalue weighted by Crippen LogP contribution is 2.29. The molecular formula is C19H17F5N2O4. The number of methoxy groups -OCH3 is 1. The fraction of sp³-hybridized carbons (Fsp3) is 0.263. The standard InChI is InChI=1S/C19H17F5N2O4/c1-28-15-9-12(4-6-14(15)30-18(20)21)5-7-16(27)26-10-13-3-2-8-25-17(13)29-11-19(22,23)24/h2-9,18H,10-11H2,1H3,(H,26,27)/b7-5+. The van der Waals surface area contributed by atoms with Crippen molar-refractivity contribution in [2.75, 3.05) is 13.7 Å². The number of hydrogen-bond acceptors (Lipinski definition) is 5. The van der Waals surface area contributed by atoms with Crippen LogP contribution >= 0.6 is 0 Å². The van der Waals surface area contributed by atoms with Crippen molar-refractivity contribution in [3.05, 3.63) is 53.7 Å². The van der Waals surface area contributed by atoms with Gasteiger partial charge in [0.2, 0.25) is 11.8 Å². The molecule has 6 nitrogen and oxygen atoms in total. The minimum absolute atomic E-state index is 0.0553. The van der Waals surface area contributed by atoms with E-state index in [4.69, 9.17) is 4.74 Å². The number of amides is 1. The number of carbonyl (C=O) groups is 1. The minimum atomic E-state index is -4.52. The molecule has 2 rings (SSSR count). The molecule has 11 heteroatoms. The average Bonchev–Trinajstić information content (AvgIpc) is 2.69. The lowest BCUT2D eigenvalue weighted by atomic mass is 10.2. The Labute approximate surface area is 168 Å². The van der Waals surface area contributed by atoms with Crippen LogP contribution in [0.4, 0.5) is 22.0 Å². The quantitative estimate of drug-likeness (QED) is 0.480. The first-order valence-electron chi connectivity index (χ1n) is 8.40. The number of benzene rings is 1. The lowest BCUT2D eigenvalue weighted by molar-refractivity contribution is -0.154. The number of carbonyl (C=O) groups excluding carboxylic acids is 1. The number of aromatic nitrogens is 1. The molecule has 0 saturated heterocycles. The van der Waals surface area contributed by atoms with Crippen LogP contribution in [0.1, 0.15) is 11.1 Å². The van der Waals surface area contributed by atoms with Gasteiger partial charge in [-0.05, 0) is 29.8 Å². The Morgan fingerprint density at radius 1 is 1.23 bits per heavy atom. The van der Waals surface area contributed by atoms with Gasteiger partial charge < -0.3 is 19.5 Å². The van der Waals surface area contributed by atoms with Crippen molar-refractivity contribution < 1.29 is 41.0 Å². The van der Waals surface area contributed by atoms with Crippen molar-refractivity contribution in [1.29, 1.82) is 0 Å². The molecule has 1 heterocycles. The second-order valence-corrected chi connectivity index (χ2v) is 5.71. The Bertz CT molecular complexity index is 887. The fourth-order valence-corrected chi connectivity index (χ4v) is 2.23. The van der Waals surface area contributed by atoms with Gasteiger partial charge in [0.15, 0.2) is 18.1 Å².